The highest BCUT2D eigenvalue weighted by Gasteiger charge is 2.11. The molecule has 0 heterocycles. The molecule has 0 atom stereocenters. The van der Waals surface area contributed by atoms with Gasteiger partial charge in [-0.3, -0.25) is 9.59 Å². The number of hydrogen-bond acceptors (Lipinski definition) is 3. The molecule has 0 aliphatic carbocycles. The second-order valence-corrected chi connectivity index (χ2v) is 6.63. The van der Waals surface area contributed by atoms with E-state index in [9.17, 15) is 9.59 Å². The minimum absolute atomic E-state index is 0.221. The summed E-state index contributed by atoms with van der Waals surface area (Å²) in [7, 11) is 1.60. The van der Waals surface area contributed by atoms with Gasteiger partial charge in [0.15, 0.2) is 0 Å². The molecule has 3 aromatic rings. The lowest BCUT2D eigenvalue weighted by Crippen LogP contribution is -2.27. The third-order valence-electron chi connectivity index (χ3n) is 4.51. The number of methoxy groups -OCH3 is 1. The minimum atomic E-state index is -0.310. The molecular formula is C25H24N2O3. The molecule has 2 N–H and O–H groups in total. The number of amides is 2. The molecule has 2 amide bonds. The van der Waals surface area contributed by atoms with Crippen molar-refractivity contribution in [1.29, 1.82) is 0 Å². The number of rotatable bonds is 8. The second-order valence-electron chi connectivity index (χ2n) is 6.63. The summed E-state index contributed by atoms with van der Waals surface area (Å²) in [5.41, 5.74) is 2.93. The number of para-hydroxylation sites is 1. The first-order chi connectivity index (χ1) is 14.7. The van der Waals surface area contributed by atoms with Gasteiger partial charge in [-0.2, -0.15) is 0 Å². The minimum Gasteiger partial charge on any atom is -0.497 e. The third-order valence-corrected chi connectivity index (χ3v) is 4.51. The first-order valence-electron chi connectivity index (χ1n) is 9.70. The third kappa shape index (κ3) is 6.07. The van der Waals surface area contributed by atoms with Crippen LogP contribution in [0.2, 0.25) is 0 Å². The van der Waals surface area contributed by atoms with Crippen molar-refractivity contribution in [2.45, 2.75) is 6.42 Å². The van der Waals surface area contributed by atoms with Gasteiger partial charge in [-0.15, -0.1) is 0 Å². The Kier molecular flexibility index (Phi) is 7.39. The molecule has 0 fully saturated rings. The summed E-state index contributed by atoms with van der Waals surface area (Å²) in [4.78, 5) is 24.9. The number of ether oxygens (including phenoxy) is 1. The molecule has 5 heteroatoms. The molecule has 0 aromatic heterocycles. The average Bonchev–Trinajstić information content (AvgIpc) is 2.79. The van der Waals surface area contributed by atoms with E-state index >= 15 is 0 Å². The highest BCUT2D eigenvalue weighted by molar-refractivity contribution is 6.07. The van der Waals surface area contributed by atoms with Crippen LogP contribution >= 0.6 is 0 Å². The summed E-state index contributed by atoms with van der Waals surface area (Å²) in [6.07, 6.45) is 3.88. The van der Waals surface area contributed by atoms with Gasteiger partial charge >= 0.3 is 0 Å². The molecule has 0 bridgehead atoms. The summed E-state index contributed by atoms with van der Waals surface area (Å²) in [6.45, 7) is 0.516. The lowest BCUT2D eigenvalue weighted by molar-refractivity contribution is -0.111. The van der Waals surface area contributed by atoms with Crippen LogP contribution in [0.5, 0.6) is 5.75 Å². The Morgan fingerprint density at radius 1 is 0.900 bits per heavy atom. The SMILES string of the molecule is COc1ccc(C=CC(=O)Nc2ccccc2C(=O)NCCc2ccccc2)cc1. The van der Waals surface area contributed by atoms with Gasteiger partial charge in [0.05, 0.1) is 18.4 Å². The van der Waals surface area contributed by atoms with Crippen LogP contribution in [0.25, 0.3) is 6.08 Å². The number of benzene rings is 3. The Morgan fingerprint density at radius 3 is 2.33 bits per heavy atom. The van der Waals surface area contributed by atoms with Gasteiger partial charge in [0, 0.05) is 12.6 Å². The zero-order valence-electron chi connectivity index (χ0n) is 16.8. The predicted octanol–water partition coefficient (Wildman–Crippen LogP) is 4.32. The molecule has 0 spiro atoms. The number of nitrogens with one attached hydrogen (secondary N) is 2. The van der Waals surface area contributed by atoms with Crippen molar-refractivity contribution in [1.82, 2.24) is 5.32 Å². The fourth-order valence-corrected chi connectivity index (χ4v) is 2.91. The smallest absolute Gasteiger partial charge is 0.253 e. The van der Waals surface area contributed by atoms with E-state index in [1.165, 1.54) is 6.08 Å². The number of hydrogen-bond donors (Lipinski definition) is 2. The van der Waals surface area contributed by atoms with Crippen LogP contribution in [0.15, 0.2) is 84.9 Å². The molecule has 0 saturated heterocycles. The van der Waals surface area contributed by atoms with Gasteiger partial charge in [-0.05, 0) is 47.9 Å². The number of carbonyl (C=O) groups is 2. The highest BCUT2D eigenvalue weighted by Crippen LogP contribution is 2.16. The Hall–Kier alpha value is -3.86. The zero-order valence-corrected chi connectivity index (χ0v) is 16.8. The fourth-order valence-electron chi connectivity index (χ4n) is 2.91. The standard InChI is InChI=1S/C25H24N2O3/c1-30-21-14-11-20(12-15-21)13-16-24(28)27-23-10-6-5-9-22(23)25(29)26-18-17-19-7-3-2-4-8-19/h2-16H,17-18H2,1H3,(H,26,29)(H,27,28). The predicted molar refractivity (Wildman–Crippen MR) is 120 cm³/mol. The second kappa shape index (κ2) is 10.6. The maximum Gasteiger partial charge on any atom is 0.253 e. The molecular weight excluding hydrogens is 376 g/mol. The maximum absolute atomic E-state index is 12.6. The van der Waals surface area contributed by atoms with Gasteiger partial charge in [-0.1, -0.05) is 54.6 Å². The maximum atomic E-state index is 12.6. The van der Waals surface area contributed by atoms with Crippen molar-refractivity contribution >= 4 is 23.6 Å². The molecule has 5 nitrogen and oxygen atoms in total. The van der Waals surface area contributed by atoms with Crippen LogP contribution in [-0.4, -0.2) is 25.5 Å². The quantitative estimate of drug-likeness (QED) is 0.554. The molecule has 3 rings (SSSR count). The normalized spacial score (nSPS) is 10.6. The summed E-state index contributed by atoms with van der Waals surface area (Å²) in [6, 6.07) is 24.3. The Bertz CT molecular complexity index is 1010. The first-order valence-corrected chi connectivity index (χ1v) is 9.70. The molecule has 0 radical (unpaired) electrons. The number of carbonyl (C=O) groups excluding carboxylic acids is 2. The largest absolute Gasteiger partial charge is 0.497 e. The van der Waals surface area contributed by atoms with Gasteiger partial charge in [-0.25, -0.2) is 0 Å². The van der Waals surface area contributed by atoms with E-state index in [4.69, 9.17) is 4.74 Å². The summed E-state index contributed by atoms with van der Waals surface area (Å²) in [5, 5.41) is 5.69. The molecule has 0 unspecified atom stereocenters. The monoisotopic (exact) mass is 400 g/mol. The van der Waals surface area contributed by atoms with Gasteiger partial charge < -0.3 is 15.4 Å². The average molecular weight is 400 g/mol. The van der Waals surface area contributed by atoms with Crippen LogP contribution in [0, 0.1) is 0 Å². The Balaban J connectivity index is 1.58. The van der Waals surface area contributed by atoms with E-state index in [-0.39, 0.29) is 11.8 Å². The summed E-state index contributed by atoms with van der Waals surface area (Å²) in [5.74, 6) is 0.222. The van der Waals surface area contributed by atoms with Crippen LogP contribution < -0.4 is 15.4 Å². The van der Waals surface area contributed by atoms with E-state index in [2.05, 4.69) is 10.6 Å². The van der Waals surface area contributed by atoms with Crippen LogP contribution in [0.3, 0.4) is 0 Å². The van der Waals surface area contributed by atoms with Crippen LogP contribution in [0.1, 0.15) is 21.5 Å². The van der Waals surface area contributed by atoms with Crippen molar-refractivity contribution in [2.75, 3.05) is 19.0 Å². The zero-order chi connectivity index (χ0) is 21.2. The van der Waals surface area contributed by atoms with Gasteiger partial charge in [0.1, 0.15) is 5.75 Å². The number of anilines is 1. The lowest BCUT2D eigenvalue weighted by Gasteiger charge is -2.10. The molecule has 0 aliphatic rings. The van der Waals surface area contributed by atoms with Gasteiger partial charge in [0.2, 0.25) is 5.91 Å². The van der Waals surface area contributed by atoms with Crippen molar-refractivity contribution in [3.63, 3.8) is 0 Å². The van der Waals surface area contributed by atoms with Crippen molar-refractivity contribution in [2.24, 2.45) is 0 Å². The molecule has 0 saturated carbocycles. The van der Waals surface area contributed by atoms with Crippen molar-refractivity contribution in [3.05, 3.63) is 102 Å². The fraction of sp³-hybridized carbons (Fsp3) is 0.120. The molecule has 30 heavy (non-hydrogen) atoms. The highest BCUT2D eigenvalue weighted by atomic mass is 16.5. The van der Waals surface area contributed by atoms with E-state index < -0.39 is 0 Å². The molecule has 3 aromatic carbocycles. The van der Waals surface area contributed by atoms with E-state index in [1.807, 2.05) is 54.6 Å². The van der Waals surface area contributed by atoms with E-state index in [1.54, 1.807) is 37.5 Å². The first kappa shape index (κ1) is 20.9. The Labute approximate surface area is 176 Å². The summed E-state index contributed by atoms with van der Waals surface area (Å²) >= 11 is 0. The van der Waals surface area contributed by atoms with Crippen molar-refractivity contribution < 1.29 is 14.3 Å². The van der Waals surface area contributed by atoms with Crippen LogP contribution in [0.4, 0.5) is 5.69 Å². The van der Waals surface area contributed by atoms with Gasteiger partial charge in [0.25, 0.3) is 5.91 Å². The van der Waals surface area contributed by atoms with Crippen LogP contribution in [-0.2, 0) is 11.2 Å². The lowest BCUT2D eigenvalue weighted by atomic mass is 10.1. The summed E-state index contributed by atoms with van der Waals surface area (Å²) < 4.78 is 5.12. The topological polar surface area (TPSA) is 67.4 Å². The molecule has 152 valence electrons. The van der Waals surface area contributed by atoms with E-state index in [0.29, 0.717) is 17.8 Å². The Morgan fingerprint density at radius 2 is 1.60 bits per heavy atom. The van der Waals surface area contributed by atoms with Crippen molar-refractivity contribution in [3.8, 4) is 5.75 Å². The molecule has 0 aliphatic heterocycles. The van der Waals surface area contributed by atoms with E-state index in [0.717, 1.165) is 23.3 Å².